The highest BCUT2D eigenvalue weighted by Crippen LogP contribution is 2.34. The van der Waals surface area contributed by atoms with Crippen LogP contribution in [-0.2, 0) is 4.79 Å². The first-order valence-electron chi connectivity index (χ1n) is 10.7. The molecule has 1 saturated heterocycles. The topological polar surface area (TPSA) is 92.2 Å². The summed E-state index contributed by atoms with van der Waals surface area (Å²) in [7, 11) is 0. The van der Waals surface area contributed by atoms with Crippen molar-refractivity contribution in [3.05, 3.63) is 85.4 Å². The van der Waals surface area contributed by atoms with E-state index in [1.54, 1.807) is 36.4 Å². The maximum absolute atomic E-state index is 12.5. The lowest BCUT2D eigenvalue weighted by atomic mass is 10.2. The summed E-state index contributed by atoms with van der Waals surface area (Å²) < 4.78 is 5.88. The zero-order chi connectivity index (χ0) is 24.5. The van der Waals surface area contributed by atoms with E-state index in [0.29, 0.717) is 44.7 Å². The molecule has 0 bridgehead atoms. The van der Waals surface area contributed by atoms with Crippen molar-refractivity contribution < 1.29 is 14.1 Å². The van der Waals surface area contributed by atoms with Gasteiger partial charge >= 0.3 is 0 Å². The minimum absolute atomic E-state index is 0.0718. The highest BCUT2D eigenvalue weighted by molar-refractivity contribution is 8.18. The monoisotopic (exact) mass is 528 g/mol. The Balaban J connectivity index is 1.21. The van der Waals surface area contributed by atoms with Crippen LogP contribution in [-0.4, -0.2) is 47.1 Å². The van der Waals surface area contributed by atoms with Gasteiger partial charge in [0.15, 0.2) is 5.17 Å². The van der Waals surface area contributed by atoms with Gasteiger partial charge in [0.05, 0.1) is 19.9 Å². The van der Waals surface area contributed by atoms with Gasteiger partial charge in [0.1, 0.15) is 11.5 Å². The minimum atomic E-state index is -0.407. The molecule has 3 aromatic rings. The van der Waals surface area contributed by atoms with E-state index in [0.717, 1.165) is 24.3 Å². The fourth-order valence-corrected chi connectivity index (χ4v) is 5.08. The molecule has 0 atom stereocenters. The molecule has 5 rings (SSSR count). The average Bonchev–Trinajstić information content (AvgIpc) is 3.48. The summed E-state index contributed by atoms with van der Waals surface area (Å²) in [5.41, 5.74) is 1.79. The SMILES string of the molecule is O=C1N=C(N2CCN(c3ccc([N+](=O)[O-])cc3)CC2)S/C1=C\c1ccc(-c2ccc(Cl)c(Cl)c2)o1. The molecular formula is C24H18Cl2N4O4S. The molecule has 0 spiro atoms. The summed E-state index contributed by atoms with van der Waals surface area (Å²) >= 11 is 13.4. The van der Waals surface area contributed by atoms with Gasteiger partial charge in [-0.25, -0.2) is 0 Å². The van der Waals surface area contributed by atoms with Crippen LogP contribution in [0.5, 0.6) is 0 Å². The maximum atomic E-state index is 12.5. The predicted octanol–water partition coefficient (Wildman–Crippen LogP) is 5.95. The van der Waals surface area contributed by atoms with Crippen LogP contribution < -0.4 is 4.90 Å². The number of aliphatic imine (C=N–C) groups is 1. The first kappa shape index (κ1) is 23.5. The summed E-state index contributed by atoms with van der Waals surface area (Å²) in [6.45, 7) is 2.81. The molecule has 0 N–H and O–H groups in total. The molecule has 0 unspecified atom stereocenters. The van der Waals surface area contributed by atoms with Gasteiger partial charge in [-0.3, -0.25) is 14.9 Å². The molecular weight excluding hydrogens is 511 g/mol. The Hall–Kier alpha value is -3.27. The number of nitro benzene ring substituents is 1. The Morgan fingerprint density at radius 1 is 0.971 bits per heavy atom. The molecule has 1 aromatic heterocycles. The Labute approximate surface area is 215 Å². The molecule has 8 nitrogen and oxygen atoms in total. The molecule has 11 heteroatoms. The number of thioether (sulfide) groups is 1. The number of halogens is 2. The standard InChI is InChI=1S/C24H18Cl2N4O4S/c25-19-7-1-15(13-20(19)26)21-8-6-18(34-21)14-22-23(31)27-24(35-22)29-11-9-28(10-12-29)16-2-4-17(5-3-16)30(32)33/h1-8,13-14H,9-12H2/b22-14-. The van der Waals surface area contributed by atoms with Gasteiger partial charge in [0.25, 0.3) is 11.6 Å². The molecule has 178 valence electrons. The Kier molecular flexibility index (Phi) is 6.55. The van der Waals surface area contributed by atoms with Crippen LogP contribution in [0.15, 0.2) is 68.9 Å². The molecule has 1 fully saturated rings. The molecule has 1 amide bonds. The number of amidine groups is 1. The summed E-state index contributed by atoms with van der Waals surface area (Å²) in [5, 5.41) is 12.4. The lowest BCUT2D eigenvalue weighted by molar-refractivity contribution is -0.384. The number of non-ortho nitro benzene ring substituents is 1. The number of carbonyl (C=O) groups is 1. The predicted molar refractivity (Wildman–Crippen MR) is 139 cm³/mol. The van der Waals surface area contributed by atoms with Crippen molar-refractivity contribution in [3.63, 3.8) is 0 Å². The van der Waals surface area contributed by atoms with Crippen LogP contribution in [0.4, 0.5) is 11.4 Å². The molecule has 2 aliphatic rings. The average molecular weight is 529 g/mol. The van der Waals surface area contributed by atoms with E-state index < -0.39 is 4.92 Å². The van der Waals surface area contributed by atoms with Crippen molar-refractivity contribution in [2.24, 2.45) is 4.99 Å². The van der Waals surface area contributed by atoms with Crippen molar-refractivity contribution in [2.45, 2.75) is 0 Å². The van der Waals surface area contributed by atoms with Crippen molar-refractivity contribution in [2.75, 3.05) is 31.1 Å². The largest absolute Gasteiger partial charge is 0.457 e. The second kappa shape index (κ2) is 9.77. The van der Waals surface area contributed by atoms with Crippen molar-refractivity contribution in [1.29, 1.82) is 0 Å². The first-order valence-corrected chi connectivity index (χ1v) is 12.3. The number of anilines is 1. The van der Waals surface area contributed by atoms with E-state index in [1.807, 2.05) is 12.1 Å². The van der Waals surface area contributed by atoms with Gasteiger partial charge in [0, 0.05) is 55.6 Å². The normalized spacial score (nSPS) is 17.3. The third-order valence-electron chi connectivity index (χ3n) is 5.69. The molecule has 0 radical (unpaired) electrons. The third-order valence-corrected chi connectivity index (χ3v) is 7.47. The van der Waals surface area contributed by atoms with E-state index in [2.05, 4.69) is 14.8 Å². The molecule has 0 aliphatic carbocycles. The van der Waals surface area contributed by atoms with Gasteiger partial charge in [-0.1, -0.05) is 23.2 Å². The van der Waals surface area contributed by atoms with Gasteiger partial charge in [-0.15, -0.1) is 0 Å². The second-order valence-corrected chi connectivity index (χ2v) is 9.71. The number of nitrogens with zero attached hydrogens (tertiary/aromatic N) is 4. The van der Waals surface area contributed by atoms with Gasteiger partial charge in [-0.2, -0.15) is 4.99 Å². The first-order chi connectivity index (χ1) is 16.9. The number of piperazine rings is 1. The summed E-state index contributed by atoms with van der Waals surface area (Å²) in [4.78, 5) is 31.9. The summed E-state index contributed by atoms with van der Waals surface area (Å²) in [6.07, 6.45) is 1.69. The van der Waals surface area contributed by atoms with Crippen LogP contribution in [0.1, 0.15) is 5.76 Å². The Bertz CT molecular complexity index is 1360. The maximum Gasteiger partial charge on any atom is 0.286 e. The van der Waals surface area contributed by atoms with E-state index in [1.165, 1.54) is 23.9 Å². The molecule has 35 heavy (non-hydrogen) atoms. The zero-order valence-electron chi connectivity index (χ0n) is 18.2. The van der Waals surface area contributed by atoms with Gasteiger partial charge in [-0.05, 0) is 54.2 Å². The van der Waals surface area contributed by atoms with E-state index in [9.17, 15) is 14.9 Å². The van der Waals surface area contributed by atoms with Crippen molar-refractivity contribution >= 4 is 63.5 Å². The number of hydrogen-bond acceptors (Lipinski definition) is 7. The second-order valence-electron chi connectivity index (χ2n) is 7.89. The number of furan rings is 1. The van der Waals surface area contributed by atoms with Gasteiger partial charge < -0.3 is 14.2 Å². The summed E-state index contributed by atoms with van der Waals surface area (Å²) in [6, 6.07) is 15.4. The van der Waals surface area contributed by atoms with Crippen LogP contribution in [0.25, 0.3) is 17.4 Å². The number of carbonyl (C=O) groups excluding carboxylic acids is 1. The van der Waals surface area contributed by atoms with Crippen LogP contribution in [0.2, 0.25) is 10.0 Å². The van der Waals surface area contributed by atoms with E-state index in [4.69, 9.17) is 27.6 Å². The zero-order valence-corrected chi connectivity index (χ0v) is 20.5. The van der Waals surface area contributed by atoms with Gasteiger partial charge in [0.2, 0.25) is 0 Å². The number of amides is 1. The smallest absolute Gasteiger partial charge is 0.286 e. The molecule has 3 heterocycles. The van der Waals surface area contributed by atoms with Crippen LogP contribution >= 0.6 is 35.0 Å². The fourth-order valence-electron chi connectivity index (χ4n) is 3.84. The molecule has 2 aromatic carbocycles. The molecule has 0 saturated carbocycles. The molecule has 2 aliphatic heterocycles. The number of hydrogen-bond donors (Lipinski definition) is 0. The minimum Gasteiger partial charge on any atom is -0.457 e. The Morgan fingerprint density at radius 2 is 1.69 bits per heavy atom. The fraction of sp³-hybridized carbons (Fsp3) is 0.167. The number of nitro groups is 1. The van der Waals surface area contributed by atoms with Crippen LogP contribution in [0.3, 0.4) is 0 Å². The number of rotatable bonds is 4. The van der Waals surface area contributed by atoms with E-state index in [-0.39, 0.29) is 11.6 Å². The van der Waals surface area contributed by atoms with Crippen molar-refractivity contribution in [1.82, 2.24) is 4.90 Å². The van der Waals surface area contributed by atoms with E-state index >= 15 is 0 Å². The number of benzene rings is 2. The quantitative estimate of drug-likeness (QED) is 0.234. The third kappa shape index (κ3) is 5.07. The highest BCUT2D eigenvalue weighted by atomic mass is 35.5. The summed E-state index contributed by atoms with van der Waals surface area (Å²) in [5.74, 6) is 0.867. The Morgan fingerprint density at radius 3 is 2.37 bits per heavy atom. The van der Waals surface area contributed by atoms with Crippen molar-refractivity contribution in [3.8, 4) is 11.3 Å². The highest BCUT2D eigenvalue weighted by Gasteiger charge is 2.29. The lowest BCUT2D eigenvalue weighted by Crippen LogP contribution is -2.47. The lowest BCUT2D eigenvalue weighted by Gasteiger charge is -2.36. The van der Waals surface area contributed by atoms with Crippen LogP contribution in [0, 0.1) is 10.1 Å².